The number of methoxy groups -OCH3 is 1. The van der Waals surface area contributed by atoms with E-state index in [1.165, 1.54) is 18.4 Å². The van der Waals surface area contributed by atoms with Crippen LogP contribution in [-0.4, -0.2) is 57.3 Å². The summed E-state index contributed by atoms with van der Waals surface area (Å²) in [5.74, 6) is 1.54. The van der Waals surface area contributed by atoms with Gasteiger partial charge in [-0.2, -0.15) is 0 Å². The fourth-order valence-electron chi connectivity index (χ4n) is 3.03. The van der Waals surface area contributed by atoms with Gasteiger partial charge >= 0.3 is 0 Å². The van der Waals surface area contributed by atoms with Gasteiger partial charge in [0.2, 0.25) is 0 Å². The highest BCUT2D eigenvalue weighted by atomic mass is 35.5. The Balaban J connectivity index is 1.75. The third kappa shape index (κ3) is 7.22. The molecular weight excluding hydrogens is 336 g/mol. The van der Waals surface area contributed by atoms with E-state index in [1.807, 2.05) is 12.1 Å². The maximum atomic E-state index is 6.27. The lowest BCUT2D eigenvalue weighted by molar-refractivity contribution is 0.180. The molecule has 6 heteroatoms. The van der Waals surface area contributed by atoms with Crippen molar-refractivity contribution in [2.24, 2.45) is 10.9 Å². The number of aliphatic imine (C=N–C) groups is 1. The second-order valence-electron chi connectivity index (χ2n) is 6.45. The van der Waals surface area contributed by atoms with Gasteiger partial charge < -0.3 is 15.4 Å². The first-order chi connectivity index (χ1) is 12.2. The number of likely N-dealkylation sites (tertiary alicyclic amines) is 1. The van der Waals surface area contributed by atoms with Crippen LogP contribution in [-0.2, 0) is 11.3 Å². The first-order valence-electron chi connectivity index (χ1n) is 9.19. The highest BCUT2D eigenvalue weighted by Crippen LogP contribution is 2.22. The van der Waals surface area contributed by atoms with Gasteiger partial charge in [-0.05, 0) is 50.4 Å². The largest absolute Gasteiger partial charge is 0.383 e. The molecule has 2 rings (SSSR count). The van der Waals surface area contributed by atoms with Crippen molar-refractivity contribution in [3.8, 4) is 0 Å². The van der Waals surface area contributed by atoms with Crippen molar-refractivity contribution in [3.05, 3.63) is 34.9 Å². The highest BCUT2D eigenvalue weighted by Gasteiger charge is 2.19. The molecule has 1 fully saturated rings. The molecule has 1 aliphatic heterocycles. The van der Waals surface area contributed by atoms with Gasteiger partial charge in [-0.3, -0.25) is 9.89 Å². The molecule has 1 heterocycles. The standard InChI is InChI=1S/C19H31ClN4O/c1-3-21-19(22-10-13-25-2)23-14-16-8-11-24(12-9-16)15-17-6-4-5-7-18(17)20/h4-7,16H,3,8-15H2,1-2H3,(H2,21,22,23). The molecule has 2 N–H and O–H groups in total. The molecule has 0 aliphatic carbocycles. The first kappa shape index (κ1) is 20.0. The van der Waals surface area contributed by atoms with E-state index in [-0.39, 0.29) is 0 Å². The topological polar surface area (TPSA) is 48.9 Å². The zero-order valence-corrected chi connectivity index (χ0v) is 16.2. The molecule has 0 radical (unpaired) electrons. The van der Waals surface area contributed by atoms with Crippen molar-refractivity contribution in [1.82, 2.24) is 15.5 Å². The normalized spacial score (nSPS) is 16.8. The van der Waals surface area contributed by atoms with Gasteiger partial charge in [-0.25, -0.2) is 0 Å². The highest BCUT2D eigenvalue weighted by molar-refractivity contribution is 6.31. The molecule has 0 bridgehead atoms. The lowest BCUT2D eigenvalue weighted by Crippen LogP contribution is -2.40. The van der Waals surface area contributed by atoms with Crippen molar-refractivity contribution in [3.63, 3.8) is 0 Å². The predicted octanol–water partition coefficient (Wildman–Crippen LogP) is 2.75. The lowest BCUT2D eigenvalue weighted by Gasteiger charge is -2.31. The molecule has 1 aromatic rings. The van der Waals surface area contributed by atoms with Crippen LogP contribution in [0.1, 0.15) is 25.3 Å². The molecule has 25 heavy (non-hydrogen) atoms. The third-order valence-electron chi connectivity index (χ3n) is 4.51. The number of nitrogens with one attached hydrogen (secondary N) is 2. The molecule has 0 amide bonds. The van der Waals surface area contributed by atoms with E-state index < -0.39 is 0 Å². The zero-order valence-electron chi connectivity index (χ0n) is 15.4. The van der Waals surface area contributed by atoms with Crippen LogP contribution in [0.2, 0.25) is 5.02 Å². The minimum absolute atomic E-state index is 0.653. The van der Waals surface area contributed by atoms with Gasteiger partial charge in [0.15, 0.2) is 5.96 Å². The van der Waals surface area contributed by atoms with Gasteiger partial charge in [0.25, 0.3) is 0 Å². The van der Waals surface area contributed by atoms with Gasteiger partial charge in [0.1, 0.15) is 0 Å². The van der Waals surface area contributed by atoms with Crippen molar-refractivity contribution >= 4 is 17.6 Å². The minimum atomic E-state index is 0.653. The number of piperidine rings is 1. The minimum Gasteiger partial charge on any atom is -0.383 e. The van der Waals surface area contributed by atoms with E-state index >= 15 is 0 Å². The number of hydrogen-bond acceptors (Lipinski definition) is 3. The van der Waals surface area contributed by atoms with Crippen molar-refractivity contribution in [2.45, 2.75) is 26.3 Å². The Hall–Kier alpha value is -1.30. The van der Waals surface area contributed by atoms with Gasteiger partial charge in [0.05, 0.1) is 6.61 Å². The average Bonchev–Trinajstić information content (AvgIpc) is 2.63. The van der Waals surface area contributed by atoms with Crippen LogP contribution in [0.5, 0.6) is 0 Å². The summed E-state index contributed by atoms with van der Waals surface area (Å²) in [6.07, 6.45) is 2.37. The van der Waals surface area contributed by atoms with Crippen molar-refractivity contribution < 1.29 is 4.74 Å². The van der Waals surface area contributed by atoms with E-state index in [0.717, 1.165) is 50.3 Å². The summed E-state index contributed by atoms with van der Waals surface area (Å²) in [5.41, 5.74) is 1.22. The Morgan fingerprint density at radius 1 is 1.28 bits per heavy atom. The average molecular weight is 367 g/mol. The van der Waals surface area contributed by atoms with E-state index in [9.17, 15) is 0 Å². The Kier molecular flexibility index (Phi) is 9.08. The van der Waals surface area contributed by atoms with Crippen LogP contribution < -0.4 is 10.6 Å². The van der Waals surface area contributed by atoms with Gasteiger partial charge in [-0.15, -0.1) is 0 Å². The van der Waals surface area contributed by atoms with Gasteiger partial charge in [-0.1, -0.05) is 29.8 Å². The fourth-order valence-corrected chi connectivity index (χ4v) is 3.22. The smallest absolute Gasteiger partial charge is 0.191 e. The Labute approximate surface area is 156 Å². The SMILES string of the molecule is CCNC(=NCC1CCN(Cc2ccccc2Cl)CC1)NCCOC. The number of guanidine groups is 1. The van der Waals surface area contributed by atoms with Crippen LogP contribution in [0.25, 0.3) is 0 Å². The number of halogens is 1. The Morgan fingerprint density at radius 2 is 2.04 bits per heavy atom. The lowest BCUT2D eigenvalue weighted by atomic mass is 9.96. The van der Waals surface area contributed by atoms with Crippen LogP contribution in [0.4, 0.5) is 0 Å². The quantitative estimate of drug-likeness (QED) is 0.422. The van der Waals surface area contributed by atoms with E-state index in [2.05, 4.69) is 34.6 Å². The maximum absolute atomic E-state index is 6.27. The second-order valence-corrected chi connectivity index (χ2v) is 6.86. The summed E-state index contributed by atoms with van der Waals surface area (Å²) in [6.45, 7) is 8.45. The molecule has 1 aromatic carbocycles. The molecule has 0 atom stereocenters. The van der Waals surface area contributed by atoms with Crippen LogP contribution >= 0.6 is 11.6 Å². The number of ether oxygens (including phenoxy) is 1. The molecule has 5 nitrogen and oxygen atoms in total. The third-order valence-corrected chi connectivity index (χ3v) is 4.88. The number of hydrogen-bond donors (Lipinski definition) is 2. The summed E-state index contributed by atoms with van der Waals surface area (Å²) < 4.78 is 5.07. The van der Waals surface area contributed by atoms with Crippen LogP contribution in [0, 0.1) is 5.92 Å². The Bertz CT molecular complexity index is 530. The van der Waals surface area contributed by atoms with Gasteiger partial charge in [0, 0.05) is 38.3 Å². The van der Waals surface area contributed by atoms with E-state index in [4.69, 9.17) is 21.3 Å². The van der Waals surface area contributed by atoms with E-state index in [1.54, 1.807) is 7.11 Å². The molecule has 0 unspecified atom stereocenters. The molecule has 0 saturated carbocycles. The fraction of sp³-hybridized carbons (Fsp3) is 0.632. The van der Waals surface area contributed by atoms with Crippen molar-refractivity contribution in [1.29, 1.82) is 0 Å². The monoisotopic (exact) mass is 366 g/mol. The number of nitrogens with zero attached hydrogens (tertiary/aromatic N) is 2. The summed E-state index contributed by atoms with van der Waals surface area (Å²) in [6, 6.07) is 8.13. The predicted molar refractivity (Wildman–Crippen MR) is 105 cm³/mol. The summed E-state index contributed by atoms with van der Waals surface area (Å²) >= 11 is 6.27. The molecule has 1 aliphatic rings. The molecular formula is C19H31ClN4O. The maximum Gasteiger partial charge on any atom is 0.191 e. The van der Waals surface area contributed by atoms with Crippen LogP contribution in [0.3, 0.4) is 0 Å². The zero-order chi connectivity index (χ0) is 17.9. The second kappa shape index (κ2) is 11.3. The molecule has 1 saturated heterocycles. The summed E-state index contributed by atoms with van der Waals surface area (Å²) in [7, 11) is 1.71. The number of rotatable bonds is 8. The molecule has 0 spiro atoms. The molecule has 0 aromatic heterocycles. The van der Waals surface area contributed by atoms with E-state index in [0.29, 0.717) is 12.5 Å². The van der Waals surface area contributed by atoms with Crippen LogP contribution in [0.15, 0.2) is 29.3 Å². The van der Waals surface area contributed by atoms with Crippen molar-refractivity contribution in [2.75, 3.05) is 46.4 Å². The summed E-state index contributed by atoms with van der Waals surface area (Å²) in [4.78, 5) is 7.22. The molecule has 140 valence electrons. The first-order valence-corrected chi connectivity index (χ1v) is 9.57. The summed E-state index contributed by atoms with van der Waals surface area (Å²) in [5, 5.41) is 7.45. The number of benzene rings is 1. The Morgan fingerprint density at radius 3 is 2.72 bits per heavy atom.